The fourth-order valence-corrected chi connectivity index (χ4v) is 3.33. The Hall–Kier alpha value is -1.03. The standard InChI is InChI=1S/C19H25Cl2NO2/c1-4-6-22-7-5-18(23)15(11-22)8-14-9-16(20)19(17(21)10-14)24-12-13(2)3/h8-10,13H,4-7,11-12H2,1-3H3/b15-8+. The highest BCUT2D eigenvalue weighted by Crippen LogP contribution is 2.35. The maximum absolute atomic E-state index is 12.2. The average molecular weight is 370 g/mol. The van der Waals surface area contributed by atoms with Crippen LogP contribution >= 0.6 is 23.2 Å². The number of ether oxygens (including phenoxy) is 1. The van der Waals surface area contributed by atoms with Gasteiger partial charge in [-0.25, -0.2) is 0 Å². The molecule has 1 aliphatic rings. The van der Waals surface area contributed by atoms with E-state index in [1.165, 1.54) is 0 Å². The highest BCUT2D eigenvalue weighted by atomic mass is 35.5. The number of hydrogen-bond acceptors (Lipinski definition) is 3. The van der Waals surface area contributed by atoms with Gasteiger partial charge in [-0.05, 0) is 42.7 Å². The van der Waals surface area contributed by atoms with Crippen molar-refractivity contribution in [2.75, 3.05) is 26.2 Å². The first-order valence-electron chi connectivity index (χ1n) is 8.48. The zero-order valence-electron chi connectivity index (χ0n) is 14.6. The second-order valence-corrected chi connectivity index (χ2v) is 7.45. The molecule has 1 aromatic carbocycles. The van der Waals surface area contributed by atoms with Crippen molar-refractivity contribution in [3.63, 3.8) is 0 Å². The third kappa shape index (κ3) is 5.23. The molecule has 0 atom stereocenters. The highest BCUT2D eigenvalue weighted by molar-refractivity contribution is 6.37. The van der Waals surface area contributed by atoms with E-state index in [4.69, 9.17) is 27.9 Å². The van der Waals surface area contributed by atoms with Gasteiger partial charge in [0, 0.05) is 25.1 Å². The summed E-state index contributed by atoms with van der Waals surface area (Å²) >= 11 is 12.6. The average Bonchev–Trinajstić information content (AvgIpc) is 2.50. The maximum atomic E-state index is 12.2. The maximum Gasteiger partial charge on any atom is 0.161 e. The van der Waals surface area contributed by atoms with Crippen molar-refractivity contribution < 1.29 is 9.53 Å². The molecule has 0 aliphatic carbocycles. The Bertz CT molecular complexity index is 603. The van der Waals surface area contributed by atoms with Gasteiger partial charge < -0.3 is 4.74 Å². The minimum atomic E-state index is 0.203. The zero-order chi connectivity index (χ0) is 17.7. The van der Waals surface area contributed by atoms with E-state index in [1.54, 1.807) is 0 Å². The fourth-order valence-electron chi connectivity index (χ4n) is 2.71. The van der Waals surface area contributed by atoms with Crippen molar-refractivity contribution in [1.82, 2.24) is 4.90 Å². The molecule has 0 spiro atoms. The lowest BCUT2D eigenvalue weighted by Crippen LogP contribution is -2.36. The molecule has 1 aromatic rings. The van der Waals surface area contributed by atoms with Crippen LogP contribution in [0.25, 0.3) is 6.08 Å². The Morgan fingerprint density at radius 2 is 1.96 bits per heavy atom. The van der Waals surface area contributed by atoms with E-state index in [1.807, 2.05) is 18.2 Å². The van der Waals surface area contributed by atoms with Gasteiger partial charge in [0.25, 0.3) is 0 Å². The first-order chi connectivity index (χ1) is 11.4. The summed E-state index contributed by atoms with van der Waals surface area (Å²) in [4.78, 5) is 14.5. The molecule has 2 rings (SSSR count). The summed E-state index contributed by atoms with van der Waals surface area (Å²) in [5, 5.41) is 0.951. The molecule has 0 unspecified atom stereocenters. The third-order valence-corrected chi connectivity index (χ3v) is 4.43. The number of likely N-dealkylation sites (tertiary alicyclic amines) is 1. The Morgan fingerprint density at radius 1 is 1.29 bits per heavy atom. The summed E-state index contributed by atoms with van der Waals surface area (Å²) in [6.07, 6.45) is 3.55. The summed E-state index contributed by atoms with van der Waals surface area (Å²) in [5.41, 5.74) is 1.65. The van der Waals surface area contributed by atoms with E-state index in [-0.39, 0.29) is 5.78 Å². The summed E-state index contributed by atoms with van der Waals surface area (Å²) in [5.74, 6) is 1.11. The summed E-state index contributed by atoms with van der Waals surface area (Å²) in [6, 6.07) is 3.62. The topological polar surface area (TPSA) is 29.5 Å². The molecule has 0 radical (unpaired) electrons. The van der Waals surface area contributed by atoms with Gasteiger partial charge >= 0.3 is 0 Å². The minimum Gasteiger partial charge on any atom is -0.490 e. The normalized spacial score (nSPS) is 17.8. The van der Waals surface area contributed by atoms with Gasteiger partial charge in [0.2, 0.25) is 0 Å². The van der Waals surface area contributed by atoms with Crippen LogP contribution in [0.15, 0.2) is 17.7 Å². The largest absolute Gasteiger partial charge is 0.490 e. The zero-order valence-corrected chi connectivity index (χ0v) is 16.1. The molecule has 1 aliphatic heterocycles. The third-order valence-electron chi connectivity index (χ3n) is 3.87. The van der Waals surface area contributed by atoms with Crippen LogP contribution in [-0.2, 0) is 4.79 Å². The van der Waals surface area contributed by atoms with Crippen molar-refractivity contribution >= 4 is 35.1 Å². The second kappa shape index (κ2) is 8.89. The first-order valence-corrected chi connectivity index (χ1v) is 9.24. The van der Waals surface area contributed by atoms with Gasteiger partial charge in [0.05, 0.1) is 16.7 Å². The predicted octanol–water partition coefficient (Wildman–Crippen LogP) is 5.10. The van der Waals surface area contributed by atoms with Gasteiger partial charge in [0.15, 0.2) is 11.5 Å². The van der Waals surface area contributed by atoms with Crippen LogP contribution in [0.1, 0.15) is 39.2 Å². The molecular weight excluding hydrogens is 345 g/mol. The molecule has 0 aromatic heterocycles. The monoisotopic (exact) mass is 369 g/mol. The van der Waals surface area contributed by atoms with Gasteiger partial charge in [-0.2, -0.15) is 0 Å². The molecule has 0 saturated carbocycles. The van der Waals surface area contributed by atoms with Crippen LogP contribution in [0.2, 0.25) is 10.0 Å². The van der Waals surface area contributed by atoms with E-state index >= 15 is 0 Å². The van der Waals surface area contributed by atoms with Gasteiger partial charge in [-0.15, -0.1) is 0 Å². The van der Waals surface area contributed by atoms with Crippen molar-refractivity contribution in [2.45, 2.75) is 33.6 Å². The number of carbonyl (C=O) groups is 1. The molecule has 1 heterocycles. The number of halogens is 2. The van der Waals surface area contributed by atoms with Gasteiger partial charge in [-0.3, -0.25) is 9.69 Å². The first kappa shape index (κ1) is 19.3. The Balaban J connectivity index is 2.20. The number of Topliss-reactive ketones (excluding diaryl/α,β-unsaturated/α-hetero) is 1. The molecule has 132 valence electrons. The van der Waals surface area contributed by atoms with Crippen molar-refractivity contribution in [1.29, 1.82) is 0 Å². The fraction of sp³-hybridized carbons (Fsp3) is 0.526. The second-order valence-electron chi connectivity index (χ2n) is 6.64. The molecular formula is C19H25Cl2NO2. The van der Waals surface area contributed by atoms with Crippen LogP contribution in [0.3, 0.4) is 0 Å². The minimum absolute atomic E-state index is 0.203. The molecule has 0 N–H and O–H groups in total. The van der Waals surface area contributed by atoms with Crippen LogP contribution in [0, 0.1) is 5.92 Å². The molecule has 0 bridgehead atoms. The SMILES string of the molecule is CCCN1CCC(=O)/C(=C/c2cc(Cl)c(OCC(C)C)c(Cl)c2)C1. The number of piperidine rings is 1. The van der Waals surface area contributed by atoms with E-state index < -0.39 is 0 Å². The van der Waals surface area contributed by atoms with Gasteiger partial charge in [-0.1, -0.05) is 44.0 Å². The van der Waals surface area contributed by atoms with E-state index in [0.29, 0.717) is 41.3 Å². The summed E-state index contributed by atoms with van der Waals surface area (Å²) < 4.78 is 5.68. The number of nitrogens with zero attached hydrogens (tertiary/aromatic N) is 1. The van der Waals surface area contributed by atoms with E-state index in [9.17, 15) is 4.79 Å². The Kier molecular flexibility index (Phi) is 7.15. The van der Waals surface area contributed by atoms with Crippen LogP contribution < -0.4 is 4.74 Å². The smallest absolute Gasteiger partial charge is 0.161 e. The number of carbonyl (C=O) groups excluding carboxylic acids is 1. The van der Waals surface area contributed by atoms with E-state index in [2.05, 4.69) is 25.7 Å². The van der Waals surface area contributed by atoms with E-state index in [0.717, 1.165) is 30.6 Å². The molecule has 5 heteroatoms. The lowest BCUT2D eigenvalue weighted by atomic mass is 10.00. The molecule has 1 saturated heterocycles. The van der Waals surface area contributed by atoms with Crippen LogP contribution in [0.5, 0.6) is 5.75 Å². The lowest BCUT2D eigenvalue weighted by Gasteiger charge is -2.27. The van der Waals surface area contributed by atoms with Crippen LogP contribution in [0.4, 0.5) is 0 Å². The Morgan fingerprint density at radius 3 is 2.54 bits per heavy atom. The van der Waals surface area contributed by atoms with Crippen molar-refractivity contribution in [2.24, 2.45) is 5.92 Å². The number of rotatable bonds is 6. The number of hydrogen-bond donors (Lipinski definition) is 0. The molecule has 3 nitrogen and oxygen atoms in total. The molecule has 0 amide bonds. The number of benzene rings is 1. The highest BCUT2D eigenvalue weighted by Gasteiger charge is 2.21. The lowest BCUT2D eigenvalue weighted by molar-refractivity contribution is -0.117. The van der Waals surface area contributed by atoms with Gasteiger partial charge in [0.1, 0.15) is 0 Å². The summed E-state index contributed by atoms with van der Waals surface area (Å²) in [6.45, 7) is 9.38. The van der Waals surface area contributed by atoms with Crippen LogP contribution in [-0.4, -0.2) is 36.9 Å². The quantitative estimate of drug-likeness (QED) is 0.653. The summed E-state index contributed by atoms with van der Waals surface area (Å²) in [7, 11) is 0. The molecule has 1 fully saturated rings. The van der Waals surface area contributed by atoms with Crippen molar-refractivity contribution in [3.05, 3.63) is 33.3 Å². The predicted molar refractivity (Wildman–Crippen MR) is 101 cm³/mol. The molecule has 24 heavy (non-hydrogen) atoms. The number of ketones is 1. The van der Waals surface area contributed by atoms with Crippen molar-refractivity contribution in [3.8, 4) is 5.75 Å². The Labute approximate surface area is 154 Å².